The van der Waals surface area contributed by atoms with Crippen molar-refractivity contribution in [3.8, 4) is 0 Å². The van der Waals surface area contributed by atoms with Crippen molar-refractivity contribution in [2.75, 3.05) is 18.9 Å². The van der Waals surface area contributed by atoms with Crippen LogP contribution >= 0.6 is 7.37 Å². The summed E-state index contributed by atoms with van der Waals surface area (Å²) < 4.78 is 18.3. The van der Waals surface area contributed by atoms with Crippen LogP contribution in [0.3, 0.4) is 0 Å². The molecule has 0 aliphatic heterocycles. The van der Waals surface area contributed by atoms with E-state index in [1.54, 1.807) is 13.0 Å². The number of hydrogen-bond acceptors (Lipinski definition) is 3. The van der Waals surface area contributed by atoms with Gasteiger partial charge in [-0.3, -0.25) is 4.57 Å². The first-order chi connectivity index (χ1) is 11.3. The number of allylic oxidation sites excluding steroid dienone is 1. The highest BCUT2D eigenvalue weighted by Crippen LogP contribution is 2.50. The summed E-state index contributed by atoms with van der Waals surface area (Å²) in [5, 5.41) is 9.39. The second-order valence-corrected chi connectivity index (χ2v) is 9.48. The summed E-state index contributed by atoms with van der Waals surface area (Å²) in [6, 6.07) is 0. The monoisotopic (exact) mass is 360 g/mol. The van der Waals surface area contributed by atoms with Gasteiger partial charge in [0.2, 0.25) is 7.37 Å². The van der Waals surface area contributed by atoms with Gasteiger partial charge in [0.1, 0.15) is 0 Å². The minimum Gasteiger partial charge on any atom is -0.478 e. The molecule has 0 rings (SSSR count). The number of carboxylic acid groups (broad SMARTS) is 1. The van der Waals surface area contributed by atoms with E-state index in [-0.39, 0.29) is 17.7 Å². The zero-order valence-corrected chi connectivity index (χ0v) is 16.9. The Balaban J connectivity index is 4.45. The molecule has 4 nitrogen and oxygen atoms in total. The van der Waals surface area contributed by atoms with Crippen LogP contribution in [0.25, 0.3) is 0 Å². The fraction of sp³-hybridized carbons (Fsp3) is 0.842. The van der Waals surface area contributed by atoms with Gasteiger partial charge < -0.3 is 9.63 Å². The third kappa shape index (κ3) is 11.9. The molecule has 24 heavy (non-hydrogen) atoms. The van der Waals surface area contributed by atoms with Crippen molar-refractivity contribution >= 4 is 13.3 Å². The van der Waals surface area contributed by atoms with Crippen LogP contribution in [-0.4, -0.2) is 30.0 Å². The summed E-state index contributed by atoms with van der Waals surface area (Å²) in [5.74, 6) is -0.748. The maximum Gasteiger partial charge on any atom is 0.331 e. The summed E-state index contributed by atoms with van der Waals surface area (Å²) in [5.41, 5.74) is 0.249. The molecule has 5 heteroatoms. The van der Waals surface area contributed by atoms with Crippen molar-refractivity contribution in [1.29, 1.82) is 0 Å². The predicted octanol–water partition coefficient (Wildman–Crippen LogP) is 6.11. The van der Waals surface area contributed by atoms with E-state index in [1.165, 1.54) is 32.1 Å². The van der Waals surface area contributed by atoms with Gasteiger partial charge in [-0.25, -0.2) is 4.79 Å². The van der Waals surface area contributed by atoms with E-state index in [4.69, 9.17) is 4.52 Å². The third-order valence-corrected chi connectivity index (χ3v) is 6.73. The first-order valence-electron chi connectivity index (χ1n) is 9.49. The second-order valence-electron chi connectivity index (χ2n) is 6.91. The molecule has 0 radical (unpaired) electrons. The molecule has 1 unspecified atom stereocenters. The predicted molar refractivity (Wildman–Crippen MR) is 102 cm³/mol. The van der Waals surface area contributed by atoms with E-state index in [0.29, 0.717) is 12.8 Å². The molecule has 0 spiro atoms. The van der Waals surface area contributed by atoms with Crippen LogP contribution in [-0.2, 0) is 13.9 Å². The van der Waals surface area contributed by atoms with Gasteiger partial charge in [0.25, 0.3) is 0 Å². The number of aliphatic carboxylic acids is 1. The zero-order valence-electron chi connectivity index (χ0n) is 16.1. The van der Waals surface area contributed by atoms with Crippen molar-refractivity contribution in [2.45, 2.75) is 79.1 Å². The summed E-state index contributed by atoms with van der Waals surface area (Å²) in [4.78, 5) is 11.5. The Kier molecular flexibility index (Phi) is 13.3. The summed E-state index contributed by atoms with van der Waals surface area (Å²) in [6.45, 7) is 8.32. The molecule has 0 aromatic rings. The summed E-state index contributed by atoms with van der Waals surface area (Å²) in [6.07, 6.45) is 11.4. The molecule has 0 aliphatic carbocycles. The molecular formula is C19H37O4P. The molecule has 0 aromatic heterocycles. The standard InChI is InChI=1S/C19H37O4P/c1-5-7-8-9-10-11-12-13-14-18(19(20)21)16-24(22,23-6-2)15-17(3)4/h14,17H,5-13,15-16H2,1-4H3,(H,20,21)/b18-14-. The zero-order chi connectivity index (χ0) is 18.4. The van der Waals surface area contributed by atoms with Crippen molar-refractivity contribution in [3.05, 3.63) is 11.6 Å². The summed E-state index contributed by atoms with van der Waals surface area (Å²) in [7, 11) is -2.91. The van der Waals surface area contributed by atoms with Gasteiger partial charge in [0.15, 0.2) is 0 Å². The van der Waals surface area contributed by atoms with E-state index in [2.05, 4.69) is 6.92 Å². The highest BCUT2D eigenvalue weighted by molar-refractivity contribution is 7.59. The van der Waals surface area contributed by atoms with Crippen molar-refractivity contribution < 1.29 is 19.0 Å². The number of hydrogen-bond donors (Lipinski definition) is 1. The lowest BCUT2D eigenvalue weighted by Gasteiger charge is -2.20. The molecule has 0 aliphatic rings. The van der Waals surface area contributed by atoms with Crippen LogP contribution in [0.4, 0.5) is 0 Å². The molecule has 0 amide bonds. The largest absolute Gasteiger partial charge is 0.478 e. The van der Waals surface area contributed by atoms with Gasteiger partial charge in [-0.15, -0.1) is 0 Å². The van der Waals surface area contributed by atoms with Crippen LogP contribution in [0.1, 0.15) is 79.1 Å². The molecule has 142 valence electrons. The van der Waals surface area contributed by atoms with Gasteiger partial charge in [0, 0.05) is 11.7 Å². The first kappa shape index (κ1) is 23.4. The van der Waals surface area contributed by atoms with E-state index >= 15 is 0 Å². The average Bonchev–Trinajstić information content (AvgIpc) is 2.47. The summed E-state index contributed by atoms with van der Waals surface area (Å²) >= 11 is 0. The number of carbonyl (C=O) groups is 1. The van der Waals surface area contributed by atoms with Crippen LogP contribution in [0, 0.1) is 5.92 Å². The lowest BCUT2D eigenvalue weighted by molar-refractivity contribution is -0.132. The van der Waals surface area contributed by atoms with Gasteiger partial charge in [0.05, 0.1) is 12.8 Å². The van der Waals surface area contributed by atoms with Crippen LogP contribution in [0.2, 0.25) is 0 Å². The van der Waals surface area contributed by atoms with Gasteiger partial charge in [-0.2, -0.15) is 0 Å². The molecule has 1 atom stereocenters. The Hall–Kier alpha value is -0.600. The van der Waals surface area contributed by atoms with Crippen LogP contribution < -0.4 is 0 Å². The molecule has 0 saturated carbocycles. The molecule has 0 heterocycles. The van der Waals surface area contributed by atoms with E-state index in [9.17, 15) is 14.5 Å². The fourth-order valence-electron chi connectivity index (χ4n) is 2.81. The van der Waals surface area contributed by atoms with Gasteiger partial charge in [-0.1, -0.05) is 65.4 Å². The van der Waals surface area contributed by atoms with Crippen LogP contribution in [0.5, 0.6) is 0 Å². The first-order valence-corrected chi connectivity index (χ1v) is 11.5. The molecule has 1 N–H and O–H groups in total. The topological polar surface area (TPSA) is 63.6 Å². The Morgan fingerprint density at radius 1 is 1.08 bits per heavy atom. The number of unbranched alkanes of at least 4 members (excludes halogenated alkanes) is 7. The molecule has 0 saturated heterocycles. The molecule has 0 aromatic carbocycles. The maximum atomic E-state index is 12.8. The maximum absolute atomic E-state index is 12.8. The van der Waals surface area contributed by atoms with Crippen molar-refractivity contribution in [1.82, 2.24) is 0 Å². The Morgan fingerprint density at radius 2 is 1.67 bits per heavy atom. The number of rotatable bonds is 15. The molecule has 0 fully saturated rings. The Labute approximate surface area is 148 Å². The highest BCUT2D eigenvalue weighted by atomic mass is 31.2. The Morgan fingerprint density at radius 3 is 2.17 bits per heavy atom. The second kappa shape index (κ2) is 13.7. The van der Waals surface area contributed by atoms with Crippen LogP contribution in [0.15, 0.2) is 11.6 Å². The van der Waals surface area contributed by atoms with Gasteiger partial charge >= 0.3 is 5.97 Å². The fourth-order valence-corrected chi connectivity index (χ4v) is 5.50. The highest BCUT2D eigenvalue weighted by Gasteiger charge is 2.27. The average molecular weight is 360 g/mol. The minimum absolute atomic E-state index is 0.0465. The lowest BCUT2D eigenvalue weighted by atomic mass is 10.1. The minimum atomic E-state index is -2.91. The van der Waals surface area contributed by atoms with E-state index in [0.717, 1.165) is 19.3 Å². The normalized spacial score (nSPS) is 14.8. The Bertz CT molecular complexity index is 416. The van der Waals surface area contributed by atoms with Crippen molar-refractivity contribution in [2.24, 2.45) is 5.92 Å². The number of carboxylic acids is 1. The lowest BCUT2D eigenvalue weighted by Crippen LogP contribution is -2.11. The van der Waals surface area contributed by atoms with E-state index in [1.807, 2.05) is 13.8 Å². The van der Waals surface area contributed by atoms with Gasteiger partial charge in [-0.05, 0) is 25.7 Å². The molecule has 0 bridgehead atoms. The molecular weight excluding hydrogens is 323 g/mol. The quantitative estimate of drug-likeness (QED) is 0.217. The smallest absolute Gasteiger partial charge is 0.331 e. The van der Waals surface area contributed by atoms with E-state index < -0.39 is 13.3 Å². The SMILES string of the molecule is CCCCCCCCC/C=C(/CP(=O)(CC(C)C)OCC)C(=O)O. The van der Waals surface area contributed by atoms with Crippen molar-refractivity contribution in [3.63, 3.8) is 0 Å². The third-order valence-electron chi connectivity index (χ3n) is 3.89.